The summed E-state index contributed by atoms with van der Waals surface area (Å²) in [5, 5.41) is 12.0. The molecular weight excluding hydrogens is 222 g/mol. The Morgan fingerprint density at radius 2 is 2.25 bits per heavy atom. The van der Waals surface area contributed by atoms with Gasteiger partial charge in [-0.2, -0.15) is 0 Å². The lowest BCUT2D eigenvalue weighted by Crippen LogP contribution is -2.20. The van der Waals surface area contributed by atoms with Crippen LogP contribution < -0.4 is 5.32 Å². The first-order chi connectivity index (χ1) is 7.74. The Labute approximate surface area is 101 Å². The van der Waals surface area contributed by atoms with E-state index in [1.54, 1.807) is 0 Å². The van der Waals surface area contributed by atoms with E-state index in [9.17, 15) is 0 Å². The monoisotopic (exact) mass is 243 g/mol. The summed E-state index contributed by atoms with van der Waals surface area (Å²) in [6.07, 6.45) is 0.981. The maximum Gasteiger partial charge on any atom is 0.0697 e. The number of thiophene rings is 1. The van der Waals surface area contributed by atoms with Gasteiger partial charge in [0.05, 0.1) is 13.2 Å². The minimum atomic E-state index is 0.109. The van der Waals surface area contributed by atoms with Crippen LogP contribution in [0, 0.1) is 6.92 Å². The van der Waals surface area contributed by atoms with Crippen LogP contribution in [0.15, 0.2) is 12.1 Å². The highest BCUT2D eigenvalue weighted by molar-refractivity contribution is 7.12. The zero-order valence-corrected chi connectivity index (χ0v) is 10.8. The van der Waals surface area contributed by atoms with E-state index in [1.165, 1.54) is 9.75 Å². The molecule has 0 aromatic carbocycles. The molecule has 1 aromatic rings. The zero-order valence-electron chi connectivity index (χ0n) is 10.0. The predicted molar refractivity (Wildman–Crippen MR) is 68.0 cm³/mol. The summed E-state index contributed by atoms with van der Waals surface area (Å²) in [7, 11) is 0. The van der Waals surface area contributed by atoms with Gasteiger partial charge in [0.15, 0.2) is 0 Å². The number of aryl methyl sites for hydroxylation is 1. The van der Waals surface area contributed by atoms with Crippen LogP contribution in [0.1, 0.15) is 29.1 Å². The molecule has 0 spiro atoms. The second kappa shape index (κ2) is 7.79. The van der Waals surface area contributed by atoms with Gasteiger partial charge in [0.1, 0.15) is 0 Å². The lowest BCUT2D eigenvalue weighted by molar-refractivity contribution is 0.0905. The summed E-state index contributed by atoms with van der Waals surface area (Å²) in [6, 6.07) is 4.75. The van der Waals surface area contributed by atoms with Crippen LogP contribution in [-0.4, -0.2) is 31.5 Å². The van der Waals surface area contributed by atoms with Crippen LogP contribution in [0.5, 0.6) is 0 Å². The molecule has 0 aliphatic heterocycles. The minimum Gasteiger partial charge on any atom is -0.394 e. The van der Waals surface area contributed by atoms with E-state index in [2.05, 4.69) is 31.3 Å². The summed E-state index contributed by atoms with van der Waals surface area (Å²) in [4.78, 5) is 2.74. The summed E-state index contributed by atoms with van der Waals surface area (Å²) in [6.45, 7) is 6.52. The molecule has 1 aromatic heterocycles. The molecule has 4 heteroatoms. The first kappa shape index (κ1) is 13.6. The molecule has 16 heavy (non-hydrogen) atoms. The van der Waals surface area contributed by atoms with Crippen molar-refractivity contribution in [1.82, 2.24) is 5.32 Å². The fourth-order valence-corrected chi connectivity index (χ4v) is 2.35. The second-order valence-corrected chi connectivity index (χ2v) is 5.13. The molecule has 0 saturated carbocycles. The van der Waals surface area contributed by atoms with E-state index in [0.717, 1.165) is 13.0 Å². The zero-order chi connectivity index (χ0) is 11.8. The van der Waals surface area contributed by atoms with Crippen molar-refractivity contribution in [3.8, 4) is 0 Å². The Kier molecular flexibility index (Phi) is 6.64. The lowest BCUT2D eigenvalue weighted by Gasteiger charge is -2.11. The quantitative estimate of drug-likeness (QED) is 0.687. The molecule has 0 amide bonds. The number of hydrogen-bond acceptors (Lipinski definition) is 4. The average Bonchev–Trinajstić information content (AvgIpc) is 2.70. The molecule has 1 atom stereocenters. The van der Waals surface area contributed by atoms with Gasteiger partial charge in [-0.1, -0.05) is 0 Å². The van der Waals surface area contributed by atoms with Crippen molar-refractivity contribution in [2.75, 3.05) is 26.4 Å². The maximum atomic E-state index is 8.52. The second-order valence-electron chi connectivity index (χ2n) is 3.81. The smallest absolute Gasteiger partial charge is 0.0697 e. The Morgan fingerprint density at radius 1 is 1.44 bits per heavy atom. The summed E-state index contributed by atoms with van der Waals surface area (Å²) >= 11 is 1.84. The Hall–Kier alpha value is -0.420. The van der Waals surface area contributed by atoms with Gasteiger partial charge < -0.3 is 15.2 Å². The molecule has 3 nitrogen and oxygen atoms in total. The Balaban J connectivity index is 2.09. The van der Waals surface area contributed by atoms with Crippen LogP contribution in [-0.2, 0) is 4.74 Å². The van der Waals surface area contributed by atoms with E-state index in [4.69, 9.17) is 9.84 Å². The van der Waals surface area contributed by atoms with Crippen molar-refractivity contribution in [1.29, 1.82) is 0 Å². The van der Waals surface area contributed by atoms with E-state index >= 15 is 0 Å². The van der Waals surface area contributed by atoms with Crippen molar-refractivity contribution in [3.05, 3.63) is 21.9 Å². The molecule has 0 radical (unpaired) electrons. The standard InChI is InChI=1S/C12H21NO2S/c1-10-4-5-12(16-10)11(2)13-6-3-8-15-9-7-14/h4-5,11,13-14H,3,6-9H2,1-2H3. The molecule has 2 N–H and O–H groups in total. The van der Waals surface area contributed by atoms with Gasteiger partial charge in [-0.3, -0.25) is 0 Å². The van der Waals surface area contributed by atoms with E-state index in [1.807, 2.05) is 11.3 Å². The number of aliphatic hydroxyl groups excluding tert-OH is 1. The fourth-order valence-electron chi connectivity index (χ4n) is 1.45. The number of ether oxygens (including phenoxy) is 1. The van der Waals surface area contributed by atoms with Crippen molar-refractivity contribution in [2.45, 2.75) is 26.3 Å². The molecule has 0 fully saturated rings. The third-order valence-electron chi connectivity index (χ3n) is 2.34. The Bertz CT molecular complexity index is 288. The molecule has 0 saturated heterocycles. The van der Waals surface area contributed by atoms with Gasteiger partial charge in [-0.25, -0.2) is 0 Å². The number of nitrogens with one attached hydrogen (secondary N) is 1. The topological polar surface area (TPSA) is 41.5 Å². The molecule has 0 bridgehead atoms. The SMILES string of the molecule is Cc1ccc(C(C)NCCCOCCO)s1. The third-order valence-corrected chi connectivity index (χ3v) is 3.52. The molecular formula is C12H21NO2S. The number of rotatable bonds is 8. The van der Waals surface area contributed by atoms with Crippen LogP contribution in [0.4, 0.5) is 0 Å². The Morgan fingerprint density at radius 3 is 2.88 bits per heavy atom. The predicted octanol–water partition coefficient (Wildman–Crippen LogP) is 2.11. The lowest BCUT2D eigenvalue weighted by atomic mass is 10.2. The first-order valence-electron chi connectivity index (χ1n) is 5.72. The molecule has 0 aliphatic rings. The van der Waals surface area contributed by atoms with E-state index in [0.29, 0.717) is 19.3 Å². The van der Waals surface area contributed by atoms with Crippen LogP contribution in [0.2, 0.25) is 0 Å². The largest absolute Gasteiger partial charge is 0.394 e. The van der Waals surface area contributed by atoms with Crippen molar-refractivity contribution in [2.24, 2.45) is 0 Å². The van der Waals surface area contributed by atoms with E-state index in [-0.39, 0.29) is 6.61 Å². The first-order valence-corrected chi connectivity index (χ1v) is 6.54. The highest BCUT2D eigenvalue weighted by Crippen LogP contribution is 2.21. The van der Waals surface area contributed by atoms with Gasteiger partial charge in [0.2, 0.25) is 0 Å². The molecule has 0 aliphatic carbocycles. The summed E-state index contributed by atoms with van der Waals surface area (Å²) < 4.78 is 5.19. The average molecular weight is 243 g/mol. The molecule has 92 valence electrons. The molecule has 1 heterocycles. The van der Waals surface area contributed by atoms with Crippen molar-refractivity contribution in [3.63, 3.8) is 0 Å². The molecule has 1 unspecified atom stereocenters. The third kappa shape index (κ3) is 5.07. The van der Waals surface area contributed by atoms with Crippen LogP contribution >= 0.6 is 11.3 Å². The van der Waals surface area contributed by atoms with Gasteiger partial charge in [0.25, 0.3) is 0 Å². The van der Waals surface area contributed by atoms with Gasteiger partial charge in [-0.15, -0.1) is 11.3 Å². The van der Waals surface area contributed by atoms with Gasteiger partial charge >= 0.3 is 0 Å². The minimum absolute atomic E-state index is 0.109. The normalized spacial score (nSPS) is 12.9. The summed E-state index contributed by atoms with van der Waals surface area (Å²) in [5.74, 6) is 0. The number of aliphatic hydroxyl groups is 1. The summed E-state index contributed by atoms with van der Waals surface area (Å²) in [5.41, 5.74) is 0. The highest BCUT2D eigenvalue weighted by atomic mass is 32.1. The van der Waals surface area contributed by atoms with Gasteiger partial charge in [0, 0.05) is 22.4 Å². The van der Waals surface area contributed by atoms with Crippen LogP contribution in [0.25, 0.3) is 0 Å². The van der Waals surface area contributed by atoms with Crippen molar-refractivity contribution < 1.29 is 9.84 Å². The van der Waals surface area contributed by atoms with Crippen molar-refractivity contribution >= 4 is 11.3 Å². The van der Waals surface area contributed by atoms with E-state index < -0.39 is 0 Å². The van der Waals surface area contributed by atoms with Gasteiger partial charge in [-0.05, 0) is 38.9 Å². The fraction of sp³-hybridized carbons (Fsp3) is 0.667. The maximum absolute atomic E-state index is 8.52. The van der Waals surface area contributed by atoms with Crippen LogP contribution in [0.3, 0.4) is 0 Å². The highest BCUT2D eigenvalue weighted by Gasteiger charge is 2.05. The molecule has 1 rings (SSSR count). The number of hydrogen-bond donors (Lipinski definition) is 2.